The van der Waals surface area contributed by atoms with E-state index in [1.807, 2.05) is 10.9 Å². The van der Waals surface area contributed by atoms with Gasteiger partial charge in [-0.3, -0.25) is 33.9 Å². The van der Waals surface area contributed by atoms with Crippen LogP contribution in [0.5, 0.6) is 0 Å². The van der Waals surface area contributed by atoms with Crippen molar-refractivity contribution in [1.82, 2.24) is 40.7 Å². The van der Waals surface area contributed by atoms with Gasteiger partial charge >= 0.3 is 11.7 Å². The van der Waals surface area contributed by atoms with Crippen LogP contribution in [0.25, 0.3) is 11.2 Å². The molecule has 2 aromatic heterocycles. The zero-order valence-corrected chi connectivity index (χ0v) is 46.5. The van der Waals surface area contributed by atoms with Gasteiger partial charge in [0.15, 0.2) is 24.7 Å². The Morgan fingerprint density at radius 1 is 0.973 bits per heavy atom. The fraction of sp³-hybridized carbons (Fsp3) is 0.673. The van der Waals surface area contributed by atoms with E-state index in [0.29, 0.717) is 41.1 Å². The summed E-state index contributed by atoms with van der Waals surface area (Å²) in [4.78, 5) is 94.4. The third-order valence-corrected chi connectivity index (χ3v) is 16.9. The number of nitrogens with zero attached hydrogens (tertiary/aromatic N) is 5. The molecule has 1 aromatic carbocycles. The number of aliphatic hydroxyl groups is 3. The third kappa shape index (κ3) is 14.8. The van der Waals surface area contributed by atoms with Gasteiger partial charge in [-0.05, 0) is 69.6 Å². The number of benzene rings is 1. The lowest BCUT2D eigenvalue weighted by molar-refractivity contribution is -0.673. The number of nitrogens with one attached hydrogen (secondary N) is 6. The van der Waals surface area contributed by atoms with Gasteiger partial charge in [0.2, 0.25) is 35.1 Å². The van der Waals surface area contributed by atoms with E-state index in [4.69, 9.17) is 9.47 Å². The standard InChI is InChI=1S/C52H78IN11O11/c1-8-11-13-14-23-62-29-56-41-44(54-28-55-45(41)62)61-49-43(68)42(67)40(32(7)75-49)60-47(70)36-16-15-24-63(36)51(73)74-27-33-17-19-34(20-18-33)58-46(69)31(6)57-48(71)39(30(4)5)59-37(65)21-25-64-38(66)26-35(50(64)72)52(53,10-3)22-12-9-2/h17-20,28-32,35-36,39-40,42-43,49-50,67-68,72H,8-16,21-27H2,1-7H3,(H5,54,55,57,58,59,60,61,65,69,70,71)/p+1/t31-,32-,35?,36-,39-,40-,42+,43-,49-,50?,52?/m0/s1. The number of halogens is 1. The number of aryl methyl sites for hydroxylation is 1. The Morgan fingerprint density at radius 2 is 1.71 bits per heavy atom. The highest BCUT2D eigenvalue weighted by Crippen LogP contribution is 2.44. The van der Waals surface area contributed by atoms with E-state index < -0.39 is 84.7 Å². The lowest BCUT2D eigenvalue weighted by atomic mass is 9.84. The van der Waals surface area contributed by atoms with Crippen molar-refractivity contribution in [2.24, 2.45) is 11.8 Å². The molecule has 0 saturated carbocycles. The first-order chi connectivity index (χ1) is 35.8. The first kappa shape index (κ1) is 59.0. The number of aromatic amines is 1. The highest BCUT2D eigenvalue weighted by Gasteiger charge is 2.49. The summed E-state index contributed by atoms with van der Waals surface area (Å²) in [5, 5.41) is 47.7. The van der Waals surface area contributed by atoms with E-state index in [-0.39, 0.29) is 53.7 Å². The number of hydrogen-bond donors (Lipinski definition) is 9. The van der Waals surface area contributed by atoms with Crippen molar-refractivity contribution in [3.05, 3.63) is 42.5 Å². The number of unbranched alkanes of at least 4 members (excludes halogenated alkanes) is 4. The van der Waals surface area contributed by atoms with Gasteiger partial charge in [-0.25, -0.2) is 9.36 Å². The number of carbonyl (C=O) groups excluding carboxylic acids is 6. The van der Waals surface area contributed by atoms with Crippen LogP contribution in [-0.2, 0) is 46.6 Å². The van der Waals surface area contributed by atoms with Crippen molar-refractivity contribution in [3.63, 3.8) is 0 Å². The number of rotatable bonds is 25. The van der Waals surface area contributed by atoms with Gasteiger partial charge in [-0.2, -0.15) is 4.98 Å². The molecular weight excluding hydrogens is 1080 g/mol. The number of hydrogen-bond acceptors (Lipinski definition) is 14. The van der Waals surface area contributed by atoms with Gasteiger partial charge < -0.3 is 56.3 Å². The molecule has 5 heterocycles. The normalized spacial score (nSPS) is 24.4. The minimum Gasteiger partial charge on any atom is -0.445 e. The van der Waals surface area contributed by atoms with Gasteiger partial charge in [-0.1, -0.05) is 106 Å². The predicted molar refractivity (Wildman–Crippen MR) is 286 cm³/mol. The van der Waals surface area contributed by atoms with Crippen molar-refractivity contribution in [2.45, 2.75) is 197 Å². The lowest BCUT2D eigenvalue weighted by Crippen LogP contribution is -2.65. The quantitative estimate of drug-likeness (QED) is 0.0252. The largest absolute Gasteiger partial charge is 0.445 e. The first-order valence-corrected chi connectivity index (χ1v) is 27.8. The average Bonchev–Trinajstić information content (AvgIpc) is 4.13. The number of imidazole rings is 1. The van der Waals surface area contributed by atoms with Crippen molar-refractivity contribution in [1.29, 1.82) is 0 Å². The molecule has 0 radical (unpaired) electrons. The summed E-state index contributed by atoms with van der Waals surface area (Å²) in [6, 6.07) is 2.70. The molecule has 6 rings (SSSR count). The number of likely N-dealkylation sites (tertiary alicyclic amines) is 2. The van der Waals surface area contributed by atoms with Crippen LogP contribution < -0.4 is 31.2 Å². The Hall–Kier alpha value is -5.24. The van der Waals surface area contributed by atoms with E-state index >= 15 is 0 Å². The summed E-state index contributed by atoms with van der Waals surface area (Å²) in [5.41, 5.74) is 2.31. The maximum absolute atomic E-state index is 13.7. The van der Waals surface area contributed by atoms with Gasteiger partial charge in [0.1, 0.15) is 43.2 Å². The smallest absolute Gasteiger partial charge is 0.410 e. The molecule has 0 aliphatic carbocycles. The molecule has 3 unspecified atom stereocenters. The third-order valence-electron chi connectivity index (χ3n) is 14.8. The van der Waals surface area contributed by atoms with E-state index in [1.165, 1.54) is 23.1 Å². The Labute approximate surface area is 452 Å². The SMILES string of the molecule is CCCCCC[n+]1c[nH]c2c(N[C@H]3O[C@@H](C)[C@H](NC(=O)[C@@H]4CCCN4C(=O)OCc4ccc(NC(=O)[C@H](C)NC(=O)[C@@H](NC(=O)CCN5C(=O)CC(C(I)(CC)CCCC)C5O)C(C)C)cc4)[C@@H](O)[C@@H]3O)ncnc21. The number of ether oxygens (including phenoxy) is 2. The fourth-order valence-corrected chi connectivity index (χ4v) is 11.0. The number of anilines is 2. The summed E-state index contributed by atoms with van der Waals surface area (Å²) in [5.74, 6) is -2.46. The highest BCUT2D eigenvalue weighted by atomic mass is 127. The van der Waals surface area contributed by atoms with Crippen LogP contribution in [0.15, 0.2) is 36.9 Å². The number of amides is 6. The minimum atomic E-state index is -1.46. The van der Waals surface area contributed by atoms with Crippen LogP contribution in [0.2, 0.25) is 0 Å². The minimum absolute atomic E-state index is 0.0115. The van der Waals surface area contributed by atoms with Crippen molar-refractivity contribution >= 4 is 80.9 Å². The second-order valence-electron chi connectivity index (χ2n) is 20.5. The molecule has 0 spiro atoms. The van der Waals surface area contributed by atoms with E-state index in [9.17, 15) is 44.1 Å². The van der Waals surface area contributed by atoms with Crippen LogP contribution in [0, 0.1) is 11.8 Å². The molecule has 75 heavy (non-hydrogen) atoms. The molecule has 0 bridgehead atoms. The molecule has 414 valence electrons. The summed E-state index contributed by atoms with van der Waals surface area (Å²) in [6.45, 7) is 14.0. The monoisotopic (exact) mass is 1160 g/mol. The number of H-pyrrole nitrogens is 1. The lowest BCUT2D eigenvalue weighted by Gasteiger charge is -2.42. The molecule has 22 nitrogen and oxygen atoms in total. The van der Waals surface area contributed by atoms with Gasteiger partial charge in [-0.15, -0.1) is 0 Å². The molecule has 3 aliphatic heterocycles. The maximum Gasteiger partial charge on any atom is 0.410 e. The summed E-state index contributed by atoms with van der Waals surface area (Å²) in [6.07, 6.45) is 5.91. The molecule has 3 fully saturated rings. The first-order valence-electron chi connectivity index (χ1n) is 26.7. The van der Waals surface area contributed by atoms with Crippen molar-refractivity contribution in [2.75, 3.05) is 23.7 Å². The molecule has 9 N–H and O–H groups in total. The van der Waals surface area contributed by atoms with Crippen LogP contribution >= 0.6 is 22.6 Å². The van der Waals surface area contributed by atoms with Crippen molar-refractivity contribution < 1.29 is 58.1 Å². The van der Waals surface area contributed by atoms with Crippen LogP contribution in [0.1, 0.15) is 131 Å². The summed E-state index contributed by atoms with van der Waals surface area (Å²) in [7, 11) is 0. The fourth-order valence-electron chi connectivity index (χ4n) is 10.1. The molecule has 3 aliphatic rings. The molecular formula is C52H79IN11O11+. The Kier molecular flexibility index (Phi) is 21.4. The Bertz CT molecular complexity index is 2430. The molecule has 23 heteroatoms. The molecule has 11 atom stereocenters. The average molecular weight is 1160 g/mol. The maximum atomic E-state index is 13.7. The Balaban J connectivity index is 0.929. The van der Waals surface area contributed by atoms with Gasteiger partial charge in [0.25, 0.3) is 0 Å². The zero-order valence-electron chi connectivity index (χ0n) is 44.4. The Morgan fingerprint density at radius 3 is 2.40 bits per heavy atom. The summed E-state index contributed by atoms with van der Waals surface area (Å²) < 4.78 is 13.5. The van der Waals surface area contributed by atoms with E-state index in [1.54, 1.807) is 45.0 Å². The van der Waals surface area contributed by atoms with Crippen molar-refractivity contribution in [3.8, 4) is 0 Å². The number of aliphatic hydroxyl groups excluding tert-OH is 3. The molecule has 3 aromatic rings. The topological polar surface area (TPSA) is 294 Å². The summed E-state index contributed by atoms with van der Waals surface area (Å²) >= 11 is 2.38. The number of aromatic nitrogens is 4. The molecule has 3 saturated heterocycles. The van der Waals surface area contributed by atoms with E-state index in [0.717, 1.165) is 57.9 Å². The van der Waals surface area contributed by atoms with Crippen LogP contribution in [-0.4, -0.2) is 147 Å². The van der Waals surface area contributed by atoms with Gasteiger partial charge in [0, 0.05) is 41.0 Å². The second kappa shape index (κ2) is 27.2. The zero-order chi connectivity index (χ0) is 54.6. The number of alkyl halides is 1. The molecule has 6 amide bonds. The second-order valence-corrected chi connectivity index (χ2v) is 22.7. The number of carbonyl (C=O) groups is 6. The predicted octanol–water partition coefficient (Wildman–Crippen LogP) is 3.91. The van der Waals surface area contributed by atoms with Crippen LogP contribution in [0.3, 0.4) is 0 Å². The highest BCUT2D eigenvalue weighted by molar-refractivity contribution is 14.1. The van der Waals surface area contributed by atoms with E-state index in [2.05, 4.69) is 84.9 Å². The van der Waals surface area contributed by atoms with Crippen LogP contribution in [0.4, 0.5) is 16.3 Å². The number of fused-ring (bicyclic) bond motifs is 1. The van der Waals surface area contributed by atoms with Gasteiger partial charge in [0.05, 0.1) is 18.7 Å².